The van der Waals surface area contributed by atoms with Crippen LogP contribution in [0.3, 0.4) is 0 Å². The fourth-order valence-electron chi connectivity index (χ4n) is 3.15. The maximum absolute atomic E-state index is 11.6. The minimum Gasteiger partial charge on any atom is -0.480 e. The molecule has 1 aliphatic heterocycles. The average molecular weight is 241 g/mol. The molecular formula is C14H27NO2. The van der Waals surface area contributed by atoms with Gasteiger partial charge in [0.15, 0.2) is 0 Å². The van der Waals surface area contributed by atoms with Crippen molar-refractivity contribution in [1.82, 2.24) is 4.90 Å². The van der Waals surface area contributed by atoms with Gasteiger partial charge in [-0.1, -0.05) is 33.1 Å². The van der Waals surface area contributed by atoms with E-state index >= 15 is 0 Å². The van der Waals surface area contributed by atoms with Crippen molar-refractivity contribution in [3.8, 4) is 0 Å². The van der Waals surface area contributed by atoms with E-state index in [4.69, 9.17) is 0 Å². The number of unbranched alkanes of at least 4 members (excludes halogenated alkanes) is 2. The molecule has 17 heavy (non-hydrogen) atoms. The van der Waals surface area contributed by atoms with Gasteiger partial charge in [0.1, 0.15) is 5.54 Å². The van der Waals surface area contributed by atoms with Gasteiger partial charge in [0.25, 0.3) is 0 Å². The number of hydrogen-bond donors (Lipinski definition) is 1. The summed E-state index contributed by atoms with van der Waals surface area (Å²) in [5, 5.41) is 9.51. The first-order valence-electron chi connectivity index (χ1n) is 7.08. The van der Waals surface area contributed by atoms with Gasteiger partial charge >= 0.3 is 5.97 Å². The van der Waals surface area contributed by atoms with Crippen LogP contribution in [0.4, 0.5) is 0 Å². The fourth-order valence-corrected chi connectivity index (χ4v) is 3.15. The summed E-state index contributed by atoms with van der Waals surface area (Å²) in [5.41, 5.74) is -0.578. The molecule has 0 aromatic heterocycles. The molecule has 0 aromatic carbocycles. The highest BCUT2D eigenvalue weighted by Gasteiger charge is 2.47. The molecule has 1 rings (SSSR count). The van der Waals surface area contributed by atoms with Crippen molar-refractivity contribution >= 4 is 5.97 Å². The lowest BCUT2D eigenvalue weighted by molar-refractivity contribution is -0.151. The quantitative estimate of drug-likeness (QED) is 0.695. The fraction of sp³-hybridized carbons (Fsp3) is 0.929. The van der Waals surface area contributed by atoms with Crippen LogP contribution in [0.25, 0.3) is 0 Å². The Labute approximate surface area is 105 Å². The Balaban J connectivity index is 2.64. The van der Waals surface area contributed by atoms with E-state index in [1.807, 2.05) is 6.92 Å². The van der Waals surface area contributed by atoms with Crippen molar-refractivity contribution < 1.29 is 9.90 Å². The van der Waals surface area contributed by atoms with Gasteiger partial charge in [0.2, 0.25) is 0 Å². The number of carbonyl (C=O) groups is 1. The Morgan fingerprint density at radius 1 is 1.41 bits per heavy atom. The number of aliphatic carboxylic acids is 1. The van der Waals surface area contributed by atoms with Gasteiger partial charge in [0, 0.05) is 6.04 Å². The van der Waals surface area contributed by atoms with Crippen LogP contribution in [0, 0.1) is 0 Å². The zero-order valence-electron chi connectivity index (χ0n) is 11.5. The molecule has 1 saturated heterocycles. The maximum Gasteiger partial charge on any atom is 0.324 e. The summed E-state index contributed by atoms with van der Waals surface area (Å²) in [4.78, 5) is 13.8. The van der Waals surface area contributed by atoms with Crippen LogP contribution >= 0.6 is 0 Å². The average Bonchev–Trinajstić information content (AvgIpc) is 2.74. The Bertz CT molecular complexity index is 255. The van der Waals surface area contributed by atoms with Crippen molar-refractivity contribution in [3.05, 3.63) is 0 Å². The predicted octanol–water partition coefficient (Wildman–Crippen LogP) is 3.28. The number of likely N-dealkylation sites (tertiary alicyclic amines) is 1. The van der Waals surface area contributed by atoms with Gasteiger partial charge in [-0.3, -0.25) is 9.69 Å². The van der Waals surface area contributed by atoms with Crippen molar-refractivity contribution in [2.24, 2.45) is 0 Å². The smallest absolute Gasteiger partial charge is 0.324 e. The first-order chi connectivity index (χ1) is 8.08. The molecule has 3 heteroatoms. The zero-order valence-corrected chi connectivity index (χ0v) is 11.5. The third kappa shape index (κ3) is 3.01. The maximum atomic E-state index is 11.6. The first kappa shape index (κ1) is 14.5. The molecule has 0 aromatic rings. The summed E-state index contributed by atoms with van der Waals surface area (Å²) < 4.78 is 0. The summed E-state index contributed by atoms with van der Waals surface area (Å²) >= 11 is 0. The van der Waals surface area contributed by atoms with Gasteiger partial charge in [-0.05, 0) is 39.2 Å². The highest BCUT2D eigenvalue weighted by atomic mass is 16.4. The van der Waals surface area contributed by atoms with E-state index in [1.54, 1.807) is 0 Å². The summed E-state index contributed by atoms with van der Waals surface area (Å²) in [6.45, 7) is 7.35. The minimum atomic E-state index is -0.625. The second-order valence-corrected chi connectivity index (χ2v) is 5.33. The predicted molar refractivity (Wildman–Crippen MR) is 70.2 cm³/mol. The molecule has 0 bridgehead atoms. The topological polar surface area (TPSA) is 40.5 Å². The molecular weight excluding hydrogens is 214 g/mol. The normalized spacial score (nSPS) is 27.2. The molecule has 0 spiro atoms. The lowest BCUT2D eigenvalue weighted by Crippen LogP contribution is -2.53. The van der Waals surface area contributed by atoms with Crippen molar-refractivity contribution in [1.29, 1.82) is 0 Å². The highest BCUT2D eigenvalue weighted by molar-refractivity contribution is 5.79. The van der Waals surface area contributed by atoms with Gasteiger partial charge in [-0.15, -0.1) is 0 Å². The van der Waals surface area contributed by atoms with Crippen LogP contribution in [-0.2, 0) is 4.79 Å². The highest BCUT2D eigenvalue weighted by Crippen LogP contribution is 2.35. The first-order valence-corrected chi connectivity index (χ1v) is 7.08. The van der Waals surface area contributed by atoms with Gasteiger partial charge < -0.3 is 5.11 Å². The minimum absolute atomic E-state index is 0.403. The van der Waals surface area contributed by atoms with Gasteiger partial charge in [-0.25, -0.2) is 0 Å². The molecule has 2 unspecified atom stereocenters. The monoisotopic (exact) mass is 241 g/mol. The van der Waals surface area contributed by atoms with Crippen molar-refractivity contribution in [2.45, 2.75) is 77.3 Å². The molecule has 0 amide bonds. The van der Waals surface area contributed by atoms with Crippen LogP contribution in [-0.4, -0.2) is 34.1 Å². The van der Waals surface area contributed by atoms with E-state index < -0.39 is 11.5 Å². The Hall–Kier alpha value is -0.570. The molecule has 0 radical (unpaired) electrons. The molecule has 1 N–H and O–H groups in total. The van der Waals surface area contributed by atoms with Crippen LogP contribution in [0.1, 0.15) is 65.7 Å². The van der Waals surface area contributed by atoms with Gasteiger partial charge in [-0.2, -0.15) is 0 Å². The third-order valence-corrected chi connectivity index (χ3v) is 4.28. The van der Waals surface area contributed by atoms with Gasteiger partial charge in [0.05, 0.1) is 0 Å². The molecule has 1 heterocycles. The van der Waals surface area contributed by atoms with E-state index in [2.05, 4.69) is 18.7 Å². The third-order valence-electron chi connectivity index (χ3n) is 4.28. The summed E-state index contributed by atoms with van der Waals surface area (Å²) in [7, 11) is 0. The Morgan fingerprint density at radius 2 is 2.12 bits per heavy atom. The summed E-state index contributed by atoms with van der Waals surface area (Å²) in [5.74, 6) is -0.625. The molecule has 1 aliphatic rings. The summed E-state index contributed by atoms with van der Waals surface area (Å²) in [6.07, 6.45) is 7.39. The summed E-state index contributed by atoms with van der Waals surface area (Å²) in [6, 6.07) is 0.403. The van der Waals surface area contributed by atoms with E-state index in [-0.39, 0.29) is 0 Å². The van der Waals surface area contributed by atoms with E-state index in [1.165, 1.54) is 19.3 Å². The standard InChI is InChI=1S/C14H27NO2/c1-4-6-7-9-12(3)15-11-8-10-14(15,5-2)13(16)17/h12H,4-11H2,1-3H3,(H,16,17). The molecule has 1 fully saturated rings. The van der Waals surface area contributed by atoms with E-state index in [0.29, 0.717) is 6.04 Å². The second kappa shape index (κ2) is 6.39. The number of carboxylic acid groups (broad SMARTS) is 1. The SMILES string of the molecule is CCCCCC(C)N1CCCC1(CC)C(=O)O. The van der Waals surface area contributed by atoms with Crippen LogP contribution < -0.4 is 0 Å². The Morgan fingerprint density at radius 3 is 2.65 bits per heavy atom. The molecule has 100 valence electrons. The van der Waals surface area contributed by atoms with Crippen LogP contribution in [0.2, 0.25) is 0 Å². The Kier molecular flexibility index (Phi) is 5.44. The van der Waals surface area contributed by atoms with E-state index in [0.717, 1.165) is 32.2 Å². The molecule has 0 aliphatic carbocycles. The van der Waals surface area contributed by atoms with E-state index in [9.17, 15) is 9.90 Å². The number of rotatable bonds is 7. The zero-order chi connectivity index (χ0) is 12.9. The second-order valence-electron chi connectivity index (χ2n) is 5.33. The van der Waals surface area contributed by atoms with Crippen LogP contribution in [0.5, 0.6) is 0 Å². The molecule has 3 nitrogen and oxygen atoms in total. The number of hydrogen-bond acceptors (Lipinski definition) is 2. The van der Waals surface area contributed by atoms with Crippen molar-refractivity contribution in [3.63, 3.8) is 0 Å². The molecule has 0 saturated carbocycles. The number of carboxylic acids is 1. The number of nitrogens with zero attached hydrogens (tertiary/aromatic N) is 1. The largest absolute Gasteiger partial charge is 0.480 e. The molecule has 2 atom stereocenters. The van der Waals surface area contributed by atoms with Crippen LogP contribution in [0.15, 0.2) is 0 Å². The van der Waals surface area contributed by atoms with Crippen molar-refractivity contribution in [2.75, 3.05) is 6.54 Å². The lowest BCUT2D eigenvalue weighted by atomic mass is 9.91. The lowest BCUT2D eigenvalue weighted by Gasteiger charge is -2.38.